The first kappa shape index (κ1) is 16.9. The second-order valence-electron chi connectivity index (χ2n) is 5.74. The molecule has 0 bridgehead atoms. The molecule has 0 rings (SSSR count). The Morgan fingerprint density at radius 3 is 2.18 bits per heavy atom. The summed E-state index contributed by atoms with van der Waals surface area (Å²) >= 11 is 0. The van der Waals surface area contributed by atoms with E-state index in [1.54, 1.807) is 0 Å². The summed E-state index contributed by atoms with van der Waals surface area (Å²) in [6, 6.07) is 0. The lowest BCUT2D eigenvalue weighted by Gasteiger charge is -2.33. The van der Waals surface area contributed by atoms with Crippen LogP contribution in [0, 0.1) is 5.41 Å². The highest BCUT2D eigenvalue weighted by Gasteiger charge is 2.24. The van der Waals surface area contributed by atoms with Crippen LogP contribution in [0.15, 0.2) is 0 Å². The van der Waals surface area contributed by atoms with Gasteiger partial charge in [0.2, 0.25) is 0 Å². The van der Waals surface area contributed by atoms with Crippen LogP contribution in [-0.4, -0.2) is 61.8 Å². The first-order valence-electron chi connectivity index (χ1n) is 6.95. The largest absolute Gasteiger partial charge is 0.396 e. The van der Waals surface area contributed by atoms with Crippen molar-refractivity contribution < 1.29 is 5.11 Å². The van der Waals surface area contributed by atoms with Gasteiger partial charge in [0.05, 0.1) is 0 Å². The third-order valence-electron chi connectivity index (χ3n) is 3.37. The topological polar surface area (TPSA) is 26.7 Å². The van der Waals surface area contributed by atoms with Gasteiger partial charge in [-0.2, -0.15) is 0 Å². The van der Waals surface area contributed by atoms with Crippen molar-refractivity contribution in [3.8, 4) is 0 Å². The van der Waals surface area contributed by atoms with Crippen LogP contribution in [0.25, 0.3) is 0 Å². The molecule has 3 nitrogen and oxygen atoms in total. The molecule has 0 aromatic carbocycles. The van der Waals surface area contributed by atoms with Gasteiger partial charge in [-0.15, -0.1) is 0 Å². The molecule has 0 aliphatic carbocycles. The lowest BCUT2D eigenvalue weighted by Crippen LogP contribution is -2.39. The molecule has 0 aliphatic heterocycles. The predicted molar refractivity (Wildman–Crippen MR) is 75.4 cm³/mol. The van der Waals surface area contributed by atoms with Gasteiger partial charge < -0.3 is 14.9 Å². The van der Waals surface area contributed by atoms with Crippen molar-refractivity contribution in [2.45, 2.75) is 40.0 Å². The number of hydrogen-bond acceptors (Lipinski definition) is 3. The fourth-order valence-electron chi connectivity index (χ4n) is 2.31. The molecule has 0 amide bonds. The molecule has 0 aromatic rings. The molecule has 1 atom stereocenters. The predicted octanol–water partition coefficient (Wildman–Crippen LogP) is 2.06. The van der Waals surface area contributed by atoms with E-state index in [4.69, 9.17) is 0 Å². The van der Waals surface area contributed by atoms with Crippen LogP contribution in [0.3, 0.4) is 0 Å². The molecule has 0 radical (unpaired) electrons. The third kappa shape index (κ3) is 7.74. The average molecular weight is 244 g/mol. The monoisotopic (exact) mass is 244 g/mol. The summed E-state index contributed by atoms with van der Waals surface area (Å²) in [5.41, 5.74) is 0.0723. The minimum atomic E-state index is 0.0723. The number of aliphatic hydroxyl groups excluding tert-OH is 1. The molecule has 1 N–H and O–H groups in total. The highest BCUT2D eigenvalue weighted by atomic mass is 16.3. The van der Waals surface area contributed by atoms with Gasteiger partial charge in [-0.3, -0.25) is 0 Å². The van der Waals surface area contributed by atoms with Crippen molar-refractivity contribution in [3.63, 3.8) is 0 Å². The quantitative estimate of drug-likeness (QED) is 0.637. The molecular formula is C14H32N2O. The van der Waals surface area contributed by atoms with Gasteiger partial charge in [-0.25, -0.2) is 0 Å². The number of rotatable bonds is 10. The molecule has 0 saturated carbocycles. The maximum Gasteiger partial charge on any atom is 0.0497 e. The second-order valence-corrected chi connectivity index (χ2v) is 5.74. The molecule has 1 unspecified atom stereocenters. The summed E-state index contributed by atoms with van der Waals surface area (Å²) in [6.45, 7) is 11.3. The van der Waals surface area contributed by atoms with Gasteiger partial charge in [-0.1, -0.05) is 27.2 Å². The van der Waals surface area contributed by atoms with E-state index in [2.05, 4.69) is 44.7 Å². The van der Waals surface area contributed by atoms with E-state index in [0.717, 1.165) is 39.0 Å². The van der Waals surface area contributed by atoms with Crippen LogP contribution < -0.4 is 0 Å². The third-order valence-corrected chi connectivity index (χ3v) is 3.37. The zero-order valence-electron chi connectivity index (χ0n) is 12.5. The molecule has 0 aromatic heterocycles. The highest BCUT2D eigenvalue weighted by molar-refractivity contribution is 4.77. The van der Waals surface area contributed by atoms with Crippen LogP contribution in [-0.2, 0) is 0 Å². The number of nitrogens with zero attached hydrogens (tertiary/aromatic N) is 2. The smallest absolute Gasteiger partial charge is 0.0497 e. The maximum atomic E-state index is 9.54. The van der Waals surface area contributed by atoms with E-state index in [1.807, 2.05) is 0 Å². The lowest BCUT2D eigenvalue weighted by molar-refractivity contribution is 0.0805. The number of aliphatic hydroxyl groups is 1. The molecular weight excluding hydrogens is 212 g/mol. The van der Waals surface area contributed by atoms with Gasteiger partial charge in [0.15, 0.2) is 0 Å². The van der Waals surface area contributed by atoms with Gasteiger partial charge >= 0.3 is 0 Å². The average Bonchev–Trinajstić information content (AvgIpc) is 2.27. The Bertz CT molecular complexity index is 185. The van der Waals surface area contributed by atoms with Crippen molar-refractivity contribution in [3.05, 3.63) is 0 Å². The Kier molecular flexibility index (Phi) is 8.83. The highest BCUT2D eigenvalue weighted by Crippen LogP contribution is 2.23. The molecule has 104 valence electrons. The van der Waals surface area contributed by atoms with Crippen molar-refractivity contribution in [1.82, 2.24) is 9.80 Å². The Labute approximate surface area is 108 Å². The molecule has 0 spiro atoms. The van der Waals surface area contributed by atoms with Gasteiger partial charge in [0.25, 0.3) is 0 Å². The minimum absolute atomic E-state index is 0.0723. The van der Waals surface area contributed by atoms with Gasteiger partial charge in [0.1, 0.15) is 0 Å². The molecule has 17 heavy (non-hydrogen) atoms. The summed E-state index contributed by atoms with van der Waals surface area (Å²) in [5.74, 6) is 0. The Morgan fingerprint density at radius 1 is 1.12 bits per heavy atom. The van der Waals surface area contributed by atoms with Crippen molar-refractivity contribution in [2.75, 3.05) is 46.9 Å². The first-order chi connectivity index (χ1) is 7.97. The Morgan fingerprint density at radius 2 is 1.76 bits per heavy atom. The van der Waals surface area contributed by atoms with E-state index in [-0.39, 0.29) is 5.41 Å². The molecule has 0 aliphatic rings. The fourth-order valence-corrected chi connectivity index (χ4v) is 2.31. The van der Waals surface area contributed by atoms with E-state index in [9.17, 15) is 5.11 Å². The van der Waals surface area contributed by atoms with Gasteiger partial charge in [-0.05, 0) is 46.6 Å². The summed E-state index contributed by atoms with van der Waals surface area (Å²) < 4.78 is 0. The minimum Gasteiger partial charge on any atom is -0.396 e. The van der Waals surface area contributed by atoms with Crippen LogP contribution in [0.2, 0.25) is 0 Å². The van der Waals surface area contributed by atoms with E-state index in [0.29, 0.717) is 6.61 Å². The van der Waals surface area contributed by atoms with Gasteiger partial charge in [0, 0.05) is 18.6 Å². The lowest BCUT2D eigenvalue weighted by atomic mass is 9.86. The Balaban J connectivity index is 4.08. The van der Waals surface area contributed by atoms with E-state index < -0.39 is 0 Å². The van der Waals surface area contributed by atoms with E-state index >= 15 is 0 Å². The summed E-state index contributed by atoms with van der Waals surface area (Å²) in [6.07, 6.45) is 3.45. The normalized spacial score (nSPS) is 15.5. The maximum absolute atomic E-state index is 9.54. The molecule has 0 saturated heterocycles. The molecule has 0 heterocycles. The van der Waals surface area contributed by atoms with Crippen LogP contribution in [0.1, 0.15) is 40.0 Å². The summed E-state index contributed by atoms with van der Waals surface area (Å²) in [7, 11) is 4.23. The number of hydrogen-bond donors (Lipinski definition) is 1. The van der Waals surface area contributed by atoms with Crippen molar-refractivity contribution >= 4 is 0 Å². The first-order valence-corrected chi connectivity index (χ1v) is 6.95. The standard InChI is InChI=1S/C14H32N2O/c1-6-9-14(3,13-17)12-16(7-2)11-8-10-15(4)5/h17H,6-13H2,1-5H3. The van der Waals surface area contributed by atoms with Crippen LogP contribution in [0.4, 0.5) is 0 Å². The SMILES string of the molecule is CCCC(C)(CO)CN(CC)CCCN(C)C. The van der Waals surface area contributed by atoms with Crippen molar-refractivity contribution in [2.24, 2.45) is 5.41 Å². The van der Waals surface area contributed by atoms with Crippen LogP contribution >= 0.6 is 0 Å². The Hall–Kier alpha value is -0.120. The van der Waals surface area contributed by atoms with Crippen molar-refractivity contribution in [1.29, 1.82) is 0 Å². The summed E-state index contributed by atoms with van der Waals surface area (Å²) in [5, 5.41) is 9.54. The van der Waals surface area contributed by atoms with E-state index in [1.165, 1.54) is 6.42 Å². The second kappa shape index (κ2) is 8.90. The van der Waals surface area contributed by atoms with Crippen LogP contribution in [0.5, 0.6) is 0 Å². The summed E-state index contributed by atoms with van der Waals surface area (Å²) in [4.78, 5) is 4.69. The zero-order chi connectivity index (χ0) is 13.3. The fraction of sp³-hybridized carbons (Fsp3) is 1.00. The zero-order valence-corrected chi connectivity index (χ0v) is 12.5. The molecule has 0 fully saturated rings. The molecule has 3 heteroatoms.